The molecule has 2 aromatic carbocycles. The summed E-state index contributed by atoms with van der Waals surface area (Å²) in [5.74, 6) is -1.65. The van der Waals surface area contributed by atoms with Gasteiger partial charge >= 0.3 is 5.97 Å². The number of anilines is 1. The Bertz CT molecular complexity index is 830. The molecule has 0 aromatic heterocycles. The van der Waals surface area contributed by atoms with Gasteiger partial charge < -0.3 is 25.6 Å². The van der Waals surface area contributed by atoms with E-state index in [0.717, 1.165) is 6.07 Å². The van der Waals surface area contributed by atoms with Crippen LogP contribution in [-0.2, 0) is 9.53 Å². The van der Waals surface area contributed by atoms with Crippen molar-refractivity contribution in [2.24, 2.45) is 0 Å². The Balaban J connectivity index is 1.78. The summed E-state index contributed by atoms with van der Waals surface area (Å²) in [5, 5.41) is 24.0. The van der Waals surface area contributed by atoms with Crippen molar-refractivity contribution in [3.63, 3.8) is 0 Å². The Labute approximate surface area is 155 Å². The molecule has 2 rings (SSSR count). The fourth-order valence-corrected chi connectivity index (χ4v) is 2.34. The number of nitrogens with one attached hydrogen (secondary N) is 2. The molecular weight excluding hydrogens is 352 g/mol. The van der Waals surface area contributed by atoms with Gasteiger partial charge in [0, 0.05) is 30.3 Å². The van der Waals surface area contributed by atoms with Crippen molar-refractivity contribution >= 4 is 23.5 Å². The highest BCUT2D eigenvalue weighted by atomic mass is 16.5. The number of phenolic OH excluding ortho intramolecular Hbond substituents is 2. The summed E-state index contributed by atoms with van der Waals surface area (Å²) in [7, 11) is 1.28. The topological polar surface area (TPSA) is 125 Å². The molecule has 4 N–H and O–H groups in total. The van der Waals surface area contributed by atoms with Crippen molar-refractivity contribution in [2.75, 3.05) is 19.0 Å². The van der Waals surface area contributed by atoms with Gasteiger partial charge in [0.25, 0.3) is 5.91 Å². The Morgan fingerprint density at radius 1 is 1.00 bits per heavy atom. The minimum absolute atomic E-state index is 0.122. The summed E-state index contributed by atoms with van der Waals surface area (Å²) in [5.41, 5.74) is 0.927. The van der Waals surface area contributed by atoms with Gasteiger partial charge in [-0.15, -0.1) is 0 Å². The lowest BCUT2D eigenvalue weighted by molar-refractivity contribution is -0.116. The van der Waals surface area contributed by atoms with E-state index in [4.69, 9.17) is 0 Å². The van der Waals surface area contributed by atoms with Gasteiger partial charge in [0.2, 0.25) is 5.91 Å². The summed E-state index contributed by atoms with van der Waals surface area (Å²) in [4.78, 5) is 35.4. The van der Waals surface area contributed by atoms with Crippen LogP contribution >= 0.6 is 0 Å². The quantitative estimate of drug-likeness (QED) is 0.435. The van der Waals surface area contributed by atoms with Crippen LogP contribution in [0.3, 0.4) is 0 Å². The molecule has 0 bridgehead atoms. The van der Waals surface area contributed by atoms with Crippen molar-refractivity contribution < 1.29 is 29.3 Å². The second-order valence-electron chi connectivity index (χ2n) is 5.72. The molecule has 0 aliphatic heterocycles. The maximum absolute atomic E-state index is 12.0. The molecule has 0 heterocycles. The maximum atomic E-state index is 12.0. The Morgan fingerprint density at radius 2 is 1.70 bits per heavy atom. The molecule has 0 atom stereocenters. The predicted molar refractivity (Wildman–Crippen MR) is 97.8 cm³/mol. The monoisotopic (exact) mass is 372 g/mol. The fourth-order valence-electron chi connectivity index (χ4n) is 2.34. The summed E-state index contributed by atoms with van der Waals surface area (Å²) >= 11 is 0. The zero-order chi connectivity index (χ0) is 19.8. The van der Waals surface area contributed by atoms with Gasteiger partial charge in [0.05, 0.1) is 12.7 Å². The average Bonchev–Trinajstić information content (AvgIpc) is 2.63. The number of ether oxygens (including phenoxy) is 1. The van der Waals surface area contributed by atoms with E-state index in [2.05, 4.69) is 15.4 Å². The largest absolute Gasteiger partial charge is 0.508 e. The van der Waals surface area contributed by atoms with Crippen molar-refractivity contribution in [1.29, 1.82) is 0 Å². The predicted octanol–water partition coefficient (Wildman–Crippen LogP) is 2.03. The van der Waals surface area contributed by atoms with E-state index in [1.165, 1.54) is 25.3 Å². The number of methoxy groups -OCH3 is 1. The number of hydrogen-bond acceptors (Lipinski definition) is 6. The maximum Gasteiger partial charge on any atom is 0.337 e. The molecule has 2 amide bonds. The SMILES string of the molecule is COC(=O)c1cccc(NC(=O)CCCNC(=O)c2cc(O)cc(O)c2)c1. The van der Waals surface area contributed by atoms with Crippen LogP contribution in [-0.4, -0.2) is 41.7 Å². The van der Waals surface area contributed by atoms with Gasteiger partial charge in [0.1, 0.15) is 11.5 Å². The molecule has 27 heavy (non-hydrogen) atoms. The number of benzene rings is 2. The number of carbonyl (C=O) groups excluding carboxylic acids is 3. The first kappa shape index (κ1) is 19.8. The highest BCUT2D eigenvalue weighted by Gasteiger charge is 2.10. The van der Waals surface area contributed by atoms with Gasteiger partial charge in [-0.1, -0.05) is 6.07 Å². The van der Waals surface area contributed by atoms with Crippen molar-refractivity contribution in [3.05, 3.63) is 53.6 Å². The molecule has 0 aliphatic carbocycles. The van der Waals surface area contributed by atoms with Crippen LogP contribution in [0.15, 0.2) is 42.5 Å². The third kappa shape index (κ3) is 6.03. The molecule has 8 nitrogen and oxygen atoms in total. The van der Waals surface area contributed by atoms with E-state index in [1.807, 2.05) is 0 Å². The third-order valence-corrected chi connectivity index (χ3v) is 3.60. The molecule has 0 saturated heterocycles. The summed E-state index contributed by atoms with van der Waals surface area (Å²) < 4.78 is 4.63. The number of esters is 1. The first-order valence-electron chi connectivity index (χ1n) is 8.18. The normalized spacial score (nSPS) is 10.1. The van der Waals surface area contributed by atoms with Crippen molar-refractivity contribution in [3.8, 4) is 11.5 Å². The van der Waals surface area contributed by atoms with Crippen LogP contribution in [0.2, 0.25) is 0 Å². The Kier molecular flexibility index (Phi) is 6.76. The zero-order valence-electron chi connectivity index (χ0n) is 14.7. The average molecular weight is 372 g/mol. The first-order valence-corrected chi connectivity index (χ1v) is 8.18. The third-order valence-electron chi connectivity index (χ3n) is 3.60. The lowest BCUT2D eigenvalue weighted by Crippen LogP contribution is -2.25. The minimum Gasteiger partial charge on any atom is -0.508 e. The van der Waals surface area contributed by atoms with Crippen LogP contribution in [0.5, 0.6) is 11.5 Å². The molecule has 2 aromatic rings. The standard InChI is InChI=1S/C19H20N2O6/c1-27-19(26)12-4-2-5-14(8-12)21-17(24)6-3-7-20-18(25)13-9-15(22)11-16(23)10-13/h2,4-5,8-11,22-23H,3,6-7H2,1H3,(H,20,25)(H,21,24). The number of phenols is 2. The van der Waals surface area contributed by atoms with Crippen LogP contribution in [0.1, 0.15) is 33.6 Å². The molecule has 0 fully saturated rings. The highest BCUT2D eigenvalue weighted by Crippen LogP contribution is 2.20. The summed E-state index contributed by atoms with van der Waals surface area (Å²) in [6, 6.07) is 9.96. The molecule has 142 valence electrons. The number of amides is 2. The van der Waals surface area contributed by atoms with E-state index in [0.29, 0.717) is 17.7 Å². The van der Waals surface area contributed by atoms with E-state index < -0.39 is 11.9 Å². The smallest absolute Gasteiger partial charge is 0.337 e. The number of rotatable bonds is 7. The molecule has 0 radical (unpaired) electrons. The second kappa shape index (κ2) is 9.23. The van der Waals surface area contributed by atoms with Gasteiger partial charge in [-0.3, -0.25) is 9.59 Å². The number of aromatic hydroxyl groups is 2. The molecule has 0 unspecified atom stereocenters. The molecule has 0 saturated carbocycles. The summed E-state index contributed by atoms with van der Waals surface area (Å²) in [6.07, 6.45) is 0.549. The van der Waals surface area contributed by atoms with E-state index in [9.17, 15) is 24.6 Å². The highest BCUT2D eigenvalue weighted by molar-refractivity contribution is 5.95. The van der Waals surface area contributed by atoms with Crippen LogP contribution in [0, 0.1) is 0 Å². The second-order valence-corrected chi connectivity index (χ2v) is 5.72. The summed E-state index contributed by atoms with van der Waals surface area (Å²) in [6.45, 7) is 0.241. The van der Waals surface area contributed by atoms with Crippen LogP contribution < -0.4 is 10.6 Å². The molecular formula is C19H20N2O6. The number of hydrogen-bond donors (Lipinski definition) is 4. The Morgan fingerprint density at radius 3 is 2.37 bits per heavy atom. The minimum atomic E-state index is -0.494. The van der Waals surface area contributed by atoms with Crippen molar-refractivity contribution in [2.45, 2.75) is 12.8 Å². The van der Waals surface area contributed by atoms with Crippen LogP contribution in [0.4, 0.5) is 5.69 Å². The lowest BCUT2D eigenvalue weighted by atomic mass is 10.2. The Hall–Kier alpha value is -3.55. The van der Waals surface area contributed by atoms with Gasteiger partial charge in [-0.05, 0) is 36.8 Å². The fraction of sp³-hybridized carbons (Fsp3) is 0.211. The number of carbonyl (C=O) groups is 3. The van der Waals surface area contributed by atoms with E-state index in [1.54, 1.807) is 18.2 Å². The molecule has 8 heteroatoms. The van der Waals surface area contributed by atoms with Gasteiger partial charge in [-0.2, -0.15) is 0 Å². The zero-order valence-corrected chi connectivity index (χ0v) is 14.7. The van der Waals surface area contributed by atoms with Crippen LogP contribution in [0.25, 0.3) is 0 Å². The van der Waals surface area contributed by atoms with E-state index in [-0.39, 0.29) is 35.9 Å². The first-order chi connectivity index (χ1) is 12.9. The van der Waals surface area contributed by atoms with E-state index >= 15 is 0 Å². The molecule has 0 spiro atoms. The van der Waals surface area contributed by atoms with Gasteiger partial charge in [0.15, 0.2) is 0 Å². The van der Waals surface area contributed by atoms with Crippen molar-refractivity contribution in [1.82, 2.24) is 5.32 Å². The lowest BCUT2D eigenvalue weighted by Gasteiger charge is -2.08. The van der Waals surface area contributed by atoms with Gasteiger partial charge in [-0.25, -0.2) is 4.79 Å². The molecule has 0 aliphatic rings.